The van der Waals surface area contributed by atoms with Gasteiger partial charge in [0, 0.05) is 31.0 Å². The average Bonchev–Trinajstić information content (AvgIpc) is 3.24. The lowest BCUT2D eigenvalue weighted by Gasteiger charge is -2.24. The molecule has 0 aliphatic carbocycles. The van der Waals surface area contributed by atoms with E-state index in [0.717, 1.165) is 29.9 Å². The number of hydrogen-bond acceptors (Lipinski definition) is 6. The first kappa shape index (κ1) is 20.1. The summed E-state index contributed by atoms with van der Waals surface area (Å²) < 4.78 is 12.8. The van der Waals surface area contributed by atoms with Gasteiger partial charge in [-0.15, -0.1) is 0 Å². The van der Waals surface area contributed by atoms with Crippen LogP contribution in [0.25, 0.3) is 5.82 Å². The van der Waals surface area contributed by atoms with Gasteiger partial charge in [-0.3, -0.25) is 4.79 Å². The van der Waals surface area contributed by atoms with Crippen LogP contribution in [0.3, 0.4) is 0 Å². The Bertz CT molecular complexity index is 980. The normalized spacial score (nSPS) is 16.2. The molecular formula is C22H25N5O3. The Hall–Kier alpha value is -3.23. The first-order valence-electron chi connectivity index (χ1n) is 10.1. The molecule has 0 unspecified atom stereocenters. The molecule has 3 heterocycles. The number of carbonyl (C=O) groups is 1. The lowest BCUT2D eigenvalue weighted by Crippen LogP contribution is -2.33. The standard InChI is InChI=1S/C22H25N5O3/c1-2-29-22-5-3-4-20(26-22)27-15-16(13-24-27)12-21(28)25-18-8-6-17(7-9-18)19-14-23-10-11-30-19/h3-9,13,15,19,23H,2,10-12,14H2,1H3,(H,25,28)/t19-/m1/s1. The fourth-order valence-corrected chi connectivity index (χ4v) is 3.29. The third kappa shape index (κ3) is 5.03. The summed E-state index contributed by atoms with van der Waals surface area (Å²) in [5, 5.41) is 10.6. The maximum absolute atomic E-state index is 12.4. The molecule has 8 heteroatoms. The molecule has 156 valence electrons. The highest BCUT2D eigenvalue weighted by atomic mass is 16.5. The third-order valence-corrected chi connectivity index (χ3v) is 4.73. The zero-order chi connectivity index (χ0) is 20.8. The molecule has 4 rings (SSSR count). The molecule has 0 radical (unpaired) electrons. The second-order valence-electron chi connectivity index (χ2n) is 6.97. The van der Waals surface area contributed by atoms with Gasteiger partial charge in [0.15, 0.2) is 5.82 Å². The first-order valence-corrected chi connectivity index (χ1v) is 10.1. The summed E-state index contributed by atoms with van der Waals surface area (Å²) >= 11 is 0. The van der Waals surface area contributed by atoms with E-state index in [2.05, 4.69) is 20.7 Å². The van der Waals surface area contributed by atoms with Crippen molar-refractivity contribution in [2.45, 2.75) is 19.4 Å². The van der Waals surface area contributed by atoms with E-state index < -0.39 is 0 Å². The Morgan fingerprint density at radius 3 is 2.93 bits per heavy atom. The zero-order valence-corrected chi connectivity index (χ0v) is 16.9. The van der Waals surface area contributed by atoms with Gasteiger partial charge in [-0.2, -0.15) is 10.1 Å². The Kier molecular flexibility index (Phi) is 6.36. The van der Waals surface area contributed by atoms with Crippen molar-refractivity contribution >= 4 is 11.6 Å². The van der Waals surface area contributed by atoms with Crippen molar-refractivity contribution in [3.63, 3.8) is 0 Å². The van der Waals surface area contributed by atoms with E-state index in [1.807, 2.05) is 43.3 Å². The SMILES string of the molecule is CCOc1cccc(-n2cc(CC(=O)Nc3ccc([C@H]4CNCCO4)cc3)cn2)n1. The number of benzene rings is 1. The molecule has 1 atom stereocenters. The number of anilines is 1. The van der Waals surface area contributed by atoms with Crippen LogP contribution in [0.4, 0.5) is 5.69 Å². The molecule has 0 saturated carbocycles. The summed E-state index contributed by atoms with van der Waals surface area (Å²) in [6, 6.07) is 13.3. The molecule has 8 nitrogen and oxygen atoms in total. The highest BCUT2D eigenvalue weighted by molar-refractivity contribution is 5.92. The number of hydrogen-bond donors (Lipinski definition) is 2. The van der Waals surface area contributed by atoms with Gasteiger partial charge in [-0.1, -0.05) is 18.2 Å². The molecule has 1 fully saturated rings. The summed E-state index contributed by atoms with van der Waals surface area (Å²) in [6.45, 7) is 4.86. The minimum atomic E-state index is -0.103. The van der Waals surface area contributed by atoms with Crippen molar-refractivity contribution in [3.05, 3.63) is 66.0 Å². The number of pyridine rings is 1. The Labute approximate surface area is 175 Å². The van der Waals surface area contributed by atoms with Crippen LogP contribution >= 0.6 is 0 Å². The largest absolute Gasteiger partial charge is 0.478 e. The predicted octanol–water partition coefficient (Wildman–Crippen LogP) is 2.51. The van der Waals surface area contributed by atoms with Crippen molar-refractivity contribution in [2.24, 2.45) is 0 Å². The van der Waals surface area contributed by atoms with Gasteiger partial charge in [-0.25, -0.2) is 4.68 Å². The minimum absolute atomic E-state index is 0.0594. The van der Waals surface area contributed by atoms with Crippen LogP contribution in [0.1, 0.15) is 24.2 Å². The number of morpholine rings is 1. The number of amides is 1. The van der Waals surface area contributed by atoms with E-state index in [1.54, 1.807) is 23.1 Å². The fourth-order valence-electron chi connectivity index (χ4n) is 3.29. The van der Waals surface area contributed by atoms with Crippen molar-refractivity contribution in [2.75, 3.05) is 31.6 Å². The van der Waals surface area contributed by atoms with Crippen LogP contribution in [0.15, 0.2) is 54.9 Å². The number of ether oxygens (including phenoxy) is 2. The summed E-state index contributed by atoms with van der Waals surface area (Å²) in [7, 11) is 0. The minimum Gasteiger partial charge on any atom is -0.478 e. The molecular weight excluding hydrogens is 382 g/mol. The van der Waals surface area contributed by atoms with Crippen LogP contribution < -0.4 is 15.4 Å². The monoisotopic (exact) mass is 407 g/mol. The summed E-state index contributed by atoms with van der Waals surface area (Å²) in [5.74, 6) is 1.08. The molecule has 2 aromatic heterocycles. The molecule has 1 aliphatic heterocycles. The van der Waals surface area contributed by atoms with E-state index in [0.29, 0.717) is 24.9 Å². The van der Waals surface area contributed by atoms with Gasteiger partial charge in [0.25, 0.3) is 0 Å². The summed E-state index contributed by atoms with van der Waals surface area (Å²) in [4.78, 5) is 16.8. The fraction of sp³-hybridized carbons (Fsp3) is 0.318. The topological polar surface area (TPSA) is 90.3 Å². The summed E-state index contributed by atoms with van der Waals surface area (Å²) in [6.07, 6.45) is 3.76. The molecule has 1 aliphatic rings. The third-order valence-electron chi connectivity index (χ3n) is 4.73. The zero-order valence-electron chi connectivity index (χ0n) is 16.9. The maximum atomic E-state index is 12.4. The maximum Gasteiger partial charge on any atom is 0.228 e. The predicted molar refractivity (Wildman–Crippen MR) is 113 cm³/mol. The van der Waals surface area contributed by atoms with E-state index in [1.165, 1.54) is 0 Å². The van der Waals surface area contributed by atoms with Crippen LogP contribution in [0, 0.1) is 0 Å². The van der Waals surface area contributed by atoms with E-state index in [4.69, 9.17) is 9.47 Å². The quantitative estimate of drug-likeness (QED) is 0.626. The average molecular weight is 407 g/mol. The molecule has 1 saturated heterocycles. The van der Waals surface area contributed by atoms with Crippen molar-refractivity contribution in [3.8, 4) is 11.7 Å². The van der Waals surface area contributed by atoms with Crippen LogP contribution in [-0.4, -0.2) is 47.0 Å². The van der Waals surface area contributed by atoms with Crippen molar-refractivity contribution < 1.29 is 14.3 Å². The molecule has 0 spiro atoms. The number of nitrogens with one attached hydrogen (secondary N) is 2. The van der Waals surface area contributed by atoms with E-state index in [-0.39, 0.29) is 18.4 Å². The molecule has 2 N–H and O–H groups in total. The van der Waals surface area contributed by atoms with Gasteiger partial charge >= 0.3 is 0 Å². The molecule has 3 aromatic rings. The lowest BCUT2D eigenvalue weighted by atomic mass is 10.1. The van der Waals surface area contributed by atoms with Gasteiger partial charge in [-0.05, 0) is 36.2 Å². The second kappa shape index (κ2) is 9.51. The Balaban J connectivity index is 1.35. The molecule has 0 bridgehead atoms. The van der Waals surface area contributed by atoms with E-state index in [9.17, 15) is 4.79 Å². The van der Waals surface area contributed by atoms with Gasteiger partial charge in [0.05, 0.1) is 31.9 Å². The smallest absolute Gasteiger partial charge is 0.228 e. The van der Waals surface area contributed by atoms with Crippen LogP contribution in [0.5, 0.6) is 5.88 Å². The number of nitrogens with zero attached hydrogens (tertiary/aromatic N) is 3. The Morgan fingerprint density at radius 1 is 1.30 bits per heavy atom. The Morgan fingerprint density at radius 2 is 2.17 bits per heavy atom. The molecule has 30 heavy (non-hydrogen) atoms. The summed E-state index contributed by atoms with van der Waals surface area (Å²) in [5.41, 5.74) is 2.66. The highest BCUT2D eigenvalue weighted by Gasteiger charge is 2.15. The highest BCUT2D eigenvalue weighted by Crippen LogP contribution is 2.21. The van der Waals surface area contributed by atoms with Gasteiger partial charge in [0.2, 0.25) is 11.8 Å². The van der Waals surface area contributed by atoms with Crippen LogP contribution in [-0.2, 0) is 16.0 Å². The van der Waals surface area contributed by atoms with Crippen LogP contribution in [0.2, 0.25) is 0 Å². The number of carbonyl (C=O) groups excluding carboxylic acids is 1. The lowest BCUT2D eigenvalue weighted by molar-refractivity contribution is -0.115. The van der Waals surface area contributed by atoms with Gasteiger partial charge in [0.1, 0.15) is 0 Å². The van der Waals surface area contributed by atoms with Crippen molar-refractivity contribution in [1.29, 1.82) is 0 Å². The second-order valence-corrected chi connectivity index (χ2v) is 6.97. The molecule has 1 amide bonds. The van der Waals surface area contributed by atoms with Gasteiger partial charge < -0.3 is 20.1 Å². The van der Waals surface area contributed by atoms with Crippen molar-refractivity contribution in [1.82, 2.24) is 20.1 Å². The molecule has 1 aromatic carbocycles. The number of rotatable bonds is 7. The number of aromatic nitrogens is 3. The first-order chi connectivity index (χ1) is 14.7. The van der Waals surface area contributed by atoms with E-state index >= 15 is 0 Å².